The molecule has 0 amide bonds. The maximum Gasteiger partial charge on any atom is 0.261 e. The number of benzene rings is 2. The van der Waals surface area contributed by atoms with Crippen LogP contribution in [0, 0.1) is 0 Å². The molecule has 0 saturated carbocycles. The van der Waals surface area contributed by atoms with E-state index in [2.05, 4.69) is 14.7 Å². The van der Waals surface area contributed by atoms with Crippen molar-refractivity contribution in [3.63, 3.8) is 0 Å². The highest BCUT2D eigenvalue weighted by atomic mass is 35.5. The lowest BCUT2D eigenvalue weighted by atomic mass is 10.2. The molecule has 1 N–H and O–H groups in total. The maximum atomic E-state index is 12.7. The van der Waals surface area contributed by atoms with Gasteiger partial charge in [-0.3, -0.25) is 4.72 Å². The number of hydrogen-bond donors (Lipinski definition) is 1. The lowest BCUT2D eigenvalue weighted by Gasteiger charge is -2.12. The molecule has 1 aromatic heterocycles. The summed E-state index contributed by atoms with van der Waals surface area (Å²) in [6.07, 6.45) is 2.99. The normalized spacial score (nSPS) is 11.6. The zero-order valence-corrected chi connectivity index (χ0v) is 16.5. The van der Waals surface area contributed by atoms with Crippen molar-refractivity contribution in [3.8, 4) is 11.4 Å². The Hall–Kier alpha value is -2.48. The van der Waals surface area contributed by atoms with Gasteiger partial charge in [-0.15, -0.1) is 0 Å². The van der Waals surface area contributed by atoms with Crippen molar-refractivity contribution in [1.29, 1.82) is 0 Å². The van der Waals surface area contributed by atoms with Gasteiger partial charge in [0.2, 0.25) is 0 Å². The standard InChI is InChI=1S/C19H19ClN4O2S/c1-24(2)13-14-4-3-5-17(10-14)23-27(25,26)18-8-6-15(7-9-18)19-21-11-16(20)12-22-19/h3-12,23H,13H2,1-2H3. The SMILES string of the molecule is CN(C)Cc1cccc(NS(=O)(=O)c2ccc(-c3ncc(Cl)cn3)cc2)c1. The molecule has 1 heterocycles. The summed E-state index contributed by atoms with van der Waals surface area (Å²) in [6.45, 7) is 0.728. The third kappa shape index (κ3) is 5.03. The molecular weight excluding hydrogens is 384 g/mol. The second-order valence-corrected chi connectivity index (χ2v) is 8.41. The van der Waals surface area contributed by atoms with Crippen LogP contribution < -0.4 is 4.72 Å². The van der Waals surface area contributed by atoms with E-state index >= 15 is 0 Å². The van der Waals surface area contributed by atoms with Crippen molar-refractivity contribution in [2.75, 3.05) is 18.8 Å². The number of halogens is 1. The van der Waals surface area contributed by atoms with Gasteiger partial charge in [0.15, 0.2) is 5.82 Å². The molecule has 0 saturated heterocycles. The van der Waals surface area contributed by atoms with Gasteiger partial charge in [0.05, 0.1) is 9.92 Å². The molecule has 6 nitrogen and oxygen atoms in total. The number of nitrogens with zero attached hydrogens (tertiary/aromatic N) is 3. The summed E-state index contributed by atoms with van der Waals surface area (Å²) in [5.41, 5.74) is 2.26. The van der Waals surface area contributed by atoms with Gasteiger partial charge in [-0.2, -0.15) is 0 Å². The van der Waals surface area contributed by atoms with E-state index in [1.54, 1.807) is 18.2 Å². The van der Waals surface area contributed by atoms with Crippen LogP contribution in [0.5, 0.6) is 0 Å². The van der Waals surface area contributed by atoms with Crippen LogP contribution in [0.25, 0.3) is 11.4 Å². The fourth-order valence-electron chi connectivity index (χ4n) is 2.56. The van der Waals surface area contributed by atoms with Crippen LogP contribution in [-0.4, -0.2) is 37.4 Å². The second kappa shape index (κ2) is 8.04. The summed E-state index contributed by atoms with van der Waals surface area (Å²) in [5, 5.41) is 0.443. The smallest absolute Gasteiger partial charge is 0.261 e. The number of rotatable bonds is 6. The number of nitrogens with one attached hydrogen (secondary N) is 1. The Labute approximate surface area is 163 Å². The fourth-order valence-corrected chi connectivity index (χ4v) is 3.70. The summed E-state index contributed by atoms with van der Waals surface area (Å²) >= 11 is 5.78. The van der Waals surface area contributed by atoms with Gasteiger partial charge in [-0.1, -0.05) is 23.7 Å². The van der Waals surface area contributed by atoms with E-state index in [0.717, 1.165) is 12.1 Å². The molecule has 3 rings (SSSR count). The van der Waals surface area contributed by atoms with E-state index < -0.39 is 10.0 Å². The molecule has 27 heavy (non-hydrogen) atoms. The van der Waals surface area contributed by atoms with Gasteiger partial charge < -0.3 is 4.90 Å². The molecule has 0 unspecified atom stereocenters. The van der Waals surface area contributed by atoms with Crippen molar-refractivity contribution in [1.82, 2.24) is 14.9 Å². The zero-order valence-electron chi connectivity index (χ0n) is 14.9. The Bertz CT molecular complexity index is 1020. The molecule has 3 aromatic rings. The molecule has 0 atom stereocenters. The Balaban J connectivity index is 1.80. The van der Waals surface area contributed by atoms with Crippen LogP contribution in [0.4, 0.5) is 5.69 Å². The third-order valence-corrected chi connectivity index (χ3v) is 5.31. The molecule has 0 aliphatic rings. The molecule has 0 fully saturated rings. The van der Waals surface area contributed by atoms with Gasteiger partial charge in [-0.05, 0) is 56.1 Å². The molecule has 0 bridgehead atoms. The lowest BCUT2D eigenvalue weighted by molar-refractivity contribution is 0.402. The monoisotopic (exact) mass is 402 g/mol. The first-order chi connectivity index (χ1) is 12.8. The minimum absolute atomic E-state index is 0.165. The summed E-state index contributed by atoms with van der Waals surface area (Å²) < 4.78 is 27.9. The highest BCUT2D eigenvalue weighted by Crippen LogP contribution is 2.21. The van der Waals surface area contributed by atoms with Crippen LogP contribution >= 0.6 is 11.6 Å². The highest BCUT2D eigenvalue weighted by Gasteiger charge is 2.15. The molecule has 0 aliphatic heterocycles. The van der Waals surface area contributed by atoms with Crippen molar-refractivity contribution in [3.05, 3.63) is 71.5 Å². The average Bonchev–Trinajstić information content (AvgIpc) is 2.62. The van der Waals surface area contributed by atoms with E-state index in [0.29, 0.717) is 22.1 Å². The first-order valence-corrected chi connectivity index (χ1v) is 10.0. The summed E-state index contributed by atoms with van der Waals surface area (Å²) in [5.74, 6) is 0.479. The van der Waals surface area contributed by atoms with E-state index in [9.17, 15) is 8.42 Å². The molecule has 0 spiro atoms. The van der Waals surface area contributed by atoms with E-state index in [1.807, 2.05) is 37.2 Å². The van der Waals surface area contributed by atoms with Crippen LogP contribution in [0.1, 0.15) is 5.56 Å². The molecule has 0 radical (unpaired) electrons. The van der Waals surface area contributed by atoms with Gasteiger partial charge in [0, 0.05) is 30.2 Å². The minimum Gasteiger partial charge on any atom is -0.305 e. The fraction of sp³-hybridized carbons (Fsp3) is 0.158. The van der Waals surface area contributed by atoms with E-state index in [4.69, 9.17) is 11.6 Å². The predicted molar refractivity (Wildman–Crippen MR) is 107 cm³/mol. The van der Waals surface area contributed by atoms with Crippen LogP contribution in [0.2, 0.25) is 5.02 Å². The third-order valence-electron chi connectivity index (χ3n) is 3.72. The molecule has 8 heteroatoms. The molecule has 2 aromatic carbocycles. The maximum absolute atomic E-state index is 12.7. The summed E-state index contributed by atoms with van der Waals surface area (Å²) in [6, 6.07) is 13.7. The Kier molecular flexibility index (Phi) is 5.74. The van der Waals surface area contributed by atoms with Crippen molar-refractivity contribution in [2.24, 2.45) is 0 Å². The molecule has 140 valence electrons. The van der Waals surface area contributed by atoms with Gasteiger partial charge in [0.25, 0.3) is 10.0 Å². The van der Waals surface area contributed by atoms with Gasteiger partial charge in [-0.25, -0.2) is 18.4 Å². The van der Waals surface area contributed by atoms with Crippen molar-refractivity contribution in [2.45, 2.75) is 11.4 Å². The summed E-state index contributed by atoms with van der Waals surface area (Å²) in [4.78, 5) is 10.4. The second-order valence-electron chi connectivity index (χ2n) is 6.29. The average molecular weight is 403 g/mol. The van der Waals surface area contributed by atoms with Crippen molar-refractivity contribution < 1.29 is 8.42 Å². The number of aromatic nitrogens is 2. The predicted octanol–water partition coefficient (Wildman–Crippen LogP) is 3.66. The number of sulfonamides is 1. The Morgan fingerprint density at radius 1 is 1.04 bits per heavy atom. The van der Waals surface area contributed by atoms with Crippen LogP contribution in [-0.2, 0) is 16.6 Å². The molecule has 0 aliphatic carbocycles. The number of hydrogen-bond acceptors (Lipinski definition) is 5. The quantitative estimate of drug-likeness (QED) is 0.681. The Morgan fingerprint density at radius 2 is 1.70 bits per heavy atom. The first-order valence-electron chi connectivity index (χ1n) is 8.18. The van der Waals surface area contributed by atoms with Crippen molar-refractivity contribution >= 4 is 27.3 Å². The Morgan fingerprint density at radius 3 is 2.33 bits per heavy atom. The van der Waals surface area contributed by atoms with Crippen LogP contribution in [0.3, 0.4) is 0 Å². The van der Waals surface area contributed by atoms with E-state index in [1.165, 1.54) is 24.5 Å². The first kappa shape index (κ1) is 19.3. The highest BCUT2D eigenvalue weighted by molar-refractivity contribution is 7.92. The summed E-state index contributed by atoms with van der Waals surface area (Å²) in [7, 11) is 0.232. The lowest BCUT2D eigenvalue weighted by Crippen LogP contribution is -2.14. The topological polar surface area (TPSA) is 75.2 Å². The van der Waals surface area contributed by atoms with Crippen LogP contribution in [0.15, 0.2) is 65.8 Å². The minimum atomic E-state index is -3.69. The van der Waals surface area contributed by atoms with Gasteiger partial charge >= 0.3 is 0 Å². The van der Waals surface area contributed by atoms with E-state index in [-0.39, 0.29) is 4.90 Å². The number of anilines is 1. The largest absolute Gasteiger partial charge is 0.305 e. The van der Waals surface area contributed by atoms with Gasteiger partial charge in [0.1, 0.15) is 0 Å². The zero-order chi connectivity index (χ0) is 19.4. The molecular formula is C19H19ClN4O2S.